The molecule has 0 heterocycles. The van der Waals surface area contributed by atoms with E-state index >= 15 is 0 Å². The van der Waals surface area contributed by atoms with E-state index in [1.165, 1.54) is 6.92 Å². The number of phenolic OH excluding ortho intramolecular Hbond substituents is 1. The molecule has 0 spiro atoms. The molecule has 5 rings (SSSR count). The molecular formula is C27H26N2O6. The molecule has 0 saturated carbocycles. The number of aliphatic hydroxyl groups is 2. The van der Waals surface area contributed by atoms with E-state index < -0.39 is 46.1 Å². The number of allylic oxidation sites excluding steroid dienone is 3. The van der Waals surface area contributed by atoms with Crippen LogP contribution in [0.5, 0.6) is 5.75 Å². The average Bonchev–Trinajstić information content (AvgIpc) is 2.82. The topological polar surface area (TPSA) is 164 Å². The quantitative estimate of drug-likeness (QED) is 0.427. The highest BCUT2D eigenvalue weighted by molar-refractivity contribution is 6.23. The van der Waals surface area contributed by atoms with E-state index in [1.54, 1.807) is 6.07 Å². The molecule has 3 atom stereocenters. The van der Waals surface area contributed by atoms with E-state index in [2.05, 4.69) is 0 Å². The fourth-order valence-electron chi connectivity index (χ4n) is 6.04. The van der Waals surface area contributed by atoms with Crippen LogP contribution in [-0.4, -0.2) is 32.8 Å². The average molecular weight is 475 g/mol. The maximum absolute atomic E-state index is 13.9. The van der Waals surface area contributed by atoms with Gasteiger partial charge in [0, 0.05) is 24.1 Å². The van der Waals surface area contributed by atoms with Gasteiger partial charge in [0.1, 0.15) is 22.8 Å². The van der Waals surface area contributed by atoms with Gasteiger partial charge in [-0.05, 0) is 54.4 Å². The van der Waals surface area contributed by atoms with Gasteiger partial charge in [0.15, 0.2) is 11.6 Å². The predicted octanol–water partition coefficient (Wildman–Crippen LogP) is 2.98. The summed E-state index contributed by atoms with van der Waals surface area (Å²) in [5.74, 6) is -4.46. The van der Waals surface area contributed by atoms with Gasteiger partial charge < -0.3 is 26.8 Å². The Bertz CT molecular complexity index is 1370. The van der Waals surface area contributed by atoms with Gasteiger partial charge in [0.25, 0.3) is 5.91 Å². The number of phenols is 1. The number of aromatic hydroxyl groups is 1. The highest BCUT2D eigenvalue weighted by atomic mass is 16.3. The number of rotatable bonds is 3. The number of amides is 1. The zero-order valence-electron chi connectivity index (χ0n) is 19.2. The lowest BCUT2D eigenvalue weighted by atomic mass is 9.55. The first kappa shape index (κ1) is 22.9. The van der Waals surface area contributed by atoms with Crippen LogP contribution >= 0.6 is 0 Å². The molecular weight excluding hydrogens is 448 g/mol. The number of aliphatic hydroxyl groups excluding tert-OH is 2. The summed E-state index contributed by atoms with van der Waals surface area (Å²) >= 11 is 0. The Hall–Kier alpha value is -3.91. The van der Waals surface area contributed by atoms with Crippen molar-refractivity contribution in [2.45, 2.75) is 32.7 Å². The number of hydrogen-bond acceptors (Lipinski definition) is 7. The van der Waals surface area contributed by atoms with Crippen LogP contribution in [-0.2, 0) is 22.6 Å². The van der Waals surface area contributed by atoms with E-state index in [-0.39, 0.29) is 35.6 Å². The van der Waals surface area contributed by atoms with E-state index in [0.717, 1.165) is 11.1 Å². The lowest BCUT2D eigenvalue weighted by molar-refractivity contribution is -0.131. The molecule has 0 aromatic heterocycles. The molecule has 2 aromatic rings. The lowest BCUT2D eigenvalue weighted by Crippen LogP contribution is -2.50. The Labute approximate surface area is 201 Å². The minimum absolute atomic E-state index is 0.00496. The molecule has 0 aliphatic heterocycles. The number of primary amides is 1. The molecule has 3 aliphatic rings. The molecule has 0 fully saturated rings. The van der Waals surface area contributed by atoms with Crippen molar-refractivity contribution in [2.75, 3.05) is 0 Å². The normalized spacial score (nSPS) is 25.8. The molecule has 0 bridgehead atoms. The molecule has 3 aliphatic carbocycles. The van der Waals surface area contributed by atoms with Crippen molar-refractivity contribution in [3.63, 3.8) is 0 Å². The summed E-state index contributed by atoms with van der Waals surface area (Å²) in [4.78, 5) is 39.0. The fraction of sp³-hybridized carbons (Fsp3) is 0.296. The first-order valence-corrected chi connectivity index (χ1v) is 11.5. The van der Waals surface area contributed by atoms with Crippen molar-refractivity contribution >= 4 is 17.5 Å². The minimum atomic E-state index is -1.58. The van der Waals surface area contributed by atoms with Gasteiger partial charge in [0.2, 0.25) is 0 Å². The highest BCUT2D eigenvalue weighted by Gasteiger charge is 2.57. The summed E-state index contributed by atoms with van der Waals surface area (Å²) in [7, 11) is 0. The highest BCUT2D eigenvalue weighted by Crippen LogP contribution is 2.56. The number of hydrogen-bond donors (Lipinski definition) is 5. The van der Waals surface area contributed by atoms with Gasteiger partial charge in [0.05, 0.1) is 11.0 Å². The standard InChI is InChI=1S/C27H26N2O6/c1-27-15(10-18(30)21(25(27)34)26(29)35)7-13-8-17-16(12-5-3-2-4-6-12)9-14(11-28)22(31)20(17)23(32)19(13)24(27)33/h2-6,9,13,15,30-31,33H,7-8,10-11,28H2,1H3,(H2,29,35)/t13-,15?,27-/m1/s1. The van der Waals surface area contributed by atoms with Crippen LogP contribution < -0.4 is 11.5 Å². The smallest absolute Gasteiger partial charge is 0.255 e. The van der Waals surface area contributed by atoms with Crippen LogP contribution in [0.1, 0.15) is 41.3 Å². The number of Topliss-reactive ketones (excluding diaryl/α,β-unsaturated/α-hetero) is 2. The molecule has 180 valence electrons. The van der Waals surface area contributed by atoms with Crippen LogP contribution in [0.4, 0.5) is 0 Å². The zero-order valence-corrected chi connectivity index (χ0v) is 19.2. The predicted molar refractivity (Wildman–Crippen MR) is 127 cm³/mol. The van der Waals surface area contributed by atoms with Gasteiger partial charge in [-0.3, -0.25) is 14.4 Å². The Morgan fingerprint density at radius 2 is 1.80 bits per heavy atom. The second-order valence-corrected chi connectivity index (χ2v) is 9.70. The monoisotopic (exact) mass is 474 g/mol. The van der Waals surface area contributed by atoms with E-state index in [4.69, 9.17) is 11.5 Å². The van der Waals surface area contributed by atoms with Gasteiger partial charge in [-0.2, -0.15) is 0 Å². The summed E-state index contributed by atoms with van der Waals surface area (Å²) in [6, 6.07) is 11.2. The van der Waals surface area contributed by atoms with E-state index in [9.17, 15) is 29.7 Å². The van der Waals surface area contributed by atoms with Crippen molar-refractivity contribution in [3.05, 3.63) is 75.8 Å². The van der Waals surface area contributed by atoms with Crippen LogP contribution in [0.3, 0.4) is 0 Å². The molecule has 0 saturated heterocycles. The number of fused-ring (bicyclic) bond motifs is 3. The third-order valence-electron chi connectivity index (χ3n) is 7.93. The second-order valence-electron chi connectivity index (χ2n) is 9.70. The number of nitrogens with two attached hydrogens (primary N) is 2. The number of carbonyl (C=O) groups is 3. The fourth-order valence-corrected chi connectivity index (χ4v) is 6.04. The molecule has 7 N–H and O–H groups in total. The van der Waals surface area contributed by atoms with Crippen molar-refractivity contribution < 1.29 is 29.7 Å². The first-order valence-electron chi connectivity index (χ1n) is 11.5. The SMILES string of the molecule is C[C@@]12C(=O)C(C(N)=O)=C(O)CC1C[C@@H]1Cc3c(-c4ccccc4)cc(CN)c(O)c3C(=O)C1=C2O. The zero-order chi connectivity index (χ0) is 25.2. The first-order chi connectivity index (χ1) is 16.6. The molecule has 1 unspecified atom stereocenters. The molecule has 35 heavy (non-hydrogen) atoms. The molecule has 1 amide bonds. The van der Waals surface area contributed by atoms with Crippen LogP contribution in [0.2, 0.25) is 0 Å². The minimum Gasteiger partial charge on any atom is -0.511 e. The summed E-state index contributed by atoms with van der Waals surface area (Å²) in [5, 5.41) is 32.8. The van der Waals surface area contributed by atoms with Crippen LogP contribution in [0, 0.1) is 17.3 Å². The maximum atomic E-state index is 13.9. The lowest BCUT2D eigenvalue weighted by Gasteiger charge is -2.47. The third kappa shape index (κ3) is 3.06. The van der Waals surface area contributed by atoms with Crippen LogP contribution in [0.15, 0.2) is 59.1 Å². The number of ketones is 2. The van der Waals surface area contributed by atoms with Crippen molar-refractivity contribution in [1.29, 1.82) is 0 Å². The molecule has 8 heteroatoms. The largest absolute Gasteiger partial charge is 0.511 e. The van der Waals surface area contributed by atoms with E-state index in [1.807, 2.05) is 30.3 Å². The number of benzene rings is 2. The van der Waals surface area contributed by atoms with Gasteiger partial charge >= 0.3 is 0 Å². The summed E-state index contributed by atoms with van der Waals surface area (Å²) in [5.41, 5.74) is 11.9. The molecule has 0 radical (unpaired) electrons. The summed E-state index contributed by atoms with van der Waals surface area (Å²) in [6.07, 6.45) is 0.659. The number of carbonyl (C=O) groups excluding carboxylic acids is 3. The summed E-state index contributed by atoms with van der Waals surface area (Å²) < 4.78 is 0. The maximum Gasteiger partial charge on any atom is 0.255 e. The van der Waals surface area contributed by atoms with Gasteiger partial charge in [-0.1, -0.05) is 30.3 Å². The van der Waals surface area contributed by atoms with Crippen molar-refractivity contribution in [3.8, 4) is 16.9 Å². The van der Waals surface area contributed by atoms with Crippen LogP contribution in [0.25, 0.3) is 11.1 Å². The Morgan fingerprint density at radius 1 is 1.11 bits per heavy atom. The Balaban J connectivity index is 1.73. The van der Waals surface area contributed by atoms with Gasteiger partial charge in [-0.15, -0.1) is 0 Å². The van der Waals surface area contributed by atoms with Crippen molar-refractivity contribution in [2.24, 2.45) is 28.7 Å². The molecule has 8 nitrogen and oxygen atoms in total. The van der Waals surface area contributed by atoms with Gasteiger partial charge in [-0.25, -0.2) is 0 Å². The summed E-state index contributed by atoms with van der Waals surface area (Å²) in [6.45, 7) is 1.48. The van der Waals surface area contributed by atoms with Crippen molar-refractivity contribution in [1.82, 2.24) is 0 Å². The van der Waals surface area contributed by atoms with E-state index in [0.29, 0.717) is 24.0 Å². The molecule has 2 aromatic carbocycles. The Kier molecular flexibility index (Phi) is 5.10. The second kappa shape index (κ2) is 7.81. The Morgan fingerprint density at radius 3 is 2.43 bits per heavy atom. The third-order valence-corrected chi connectivity index (χ3v) is 7.93.